The Hall–Kier alpha value is -1.34. The standard InChI is InChI=1S/C5H8N2.C3H7NS.CH4N2O/c1-2-5-6-3-4-7-5;1-2-3(4)5;2-3-1-4/h3H,2,4H2,1H3;2H2,1H3,(H2,4,5);1H,2H2,(H,3,4). The number of hydrazine groups is 1. The van der Waals surface area contributed by atoms with Crippen LogP contribution in [-0.2, 0) is 4.79 Å². The quantitative estimate of drug-likeness (QED) is 0.216. The fourth-order valence-electron chi connectivity index (χ4n) is 0.536. The highest BCUT2D eigenvalue weighted by molar-refractivity contribution is 7.80. The van der Waals surface area contributed by atoms with Gasteiger partial charge in [0.25, 0.3) is 0 Å². The average Bonchev–Trinajstić information content (AvgIpc) is 2.83. The number of nitrogens with one attached hydrogen (secondary N) is 1. The van der Waals surface area contributed by atoms with Gasteiger partial charge in [-0.2, -0.15) is 0 Å². The Balaban J connectivity index is 0. The molecule has 0 saturated heterocycles. The van der Waals surface area contributed by atoms with Crippen LogP contribution in [0.3, 0.4) is 0 Å². The lowest BCUT2D eigenvalue weighted by molar-refractivity contribution is -0.109. The van der Waals surface area contributed by atoms with Crippen LogP contribution >= 0.6 is 12.2 Å². The van der Waals surface area contributed by atoms with Gasteiger partial charge in [0, 0.05) is 12.6 Å². The predicted molar refractivity (Wildman–Crippen MR) is 71.5 cm³/mol. The third-order valence-electron chi connectivity index (χ3n) is 1.33. The van der Waals surface area contributed by atoms with E-state index in [1.54, 1.807) is 5.43 Å². The predicted octanol–water partition coefficient (Wildman–Crippen LogP) is 0.168. The van der Waals surface area contributed by atoms with Crippen LogP contribution in [0.15, 0.2) is 9.98 Å². The van der Waals surface area contributed by atoms with Gasteiger partial charge in [0.05, 0.1) is 11.5 Å². The molecule has 0 aliphatic carbocycles. The molecule has 1 amide bonds. The molecule has 0 unspecified atom stereocenters. The fraction of sp³-hybridized carbons (Fsp3) is 0.556. The lowest BCUT2D eigenvalue weighted by Gasteiger charge is -1.81. The first-order chi connectivity index (χ1) is 7.62. The zero-order valence-corrected chi connectivity index (χ0v) is 10.5. The molecule has 0 aromatic carbocycles. The van der Waals surface area contributed by atoms with E-state index in [2.05, 4.69) is 35.0 Å². The third kappa shape index (κ3) is 15.1. The summed E-state index contributed by atoms with van der Waals surface area (Å²) in [5.74, 6) is 5.40. The Morgan fingerprint density at radius 3 is 2.31 bits per heavy atom. The Morgan fingerprint density at radius 2 is 2.19 bits per heavy atom. The summed E-state index contributed by atoms with van der Waals surface area (Å²) in [7, 11) is 0. The summed E-state index contributed by atoms with van der Waals surface area (Å²) in [5.41, 5.74) is 6.77. The second-order valence-corrected chi connectivity index (χ2v) is 3.05. The van der Waals surface area contributed by atoms with Crippen molar-refractivity contribution < 1.29 is 4.79 Å². The lowest BCUT2D eigenvalue weighted by Crippen LogP contribution is -2.18. The third-order valence-corrected chi connectivity index (χ3v) is 1.62. The van der Waals surface area contributed by atoms with Crippen LogP contribution in [0.1, 0.15) is 26.7 Å². The highest BCUT2D eigenvalue weighted by Gasteiger charge is 1.93. The molecule has 1 rings (SSSR count). The van der Waals surface area contributed by atoms with Gasteiger partial charge in [0.15, 0.2) is 0 Å². The van der Waals surface area contributed by atoms with Crippen molar-refractivity contribution in [3.8, 4) is 0 Å². The van der Waals surface area contributed by atoms with E-state index < -0.39 is 0 Å². The highest BCUT2D eigenvalue weighted by Crippen LogP contribution is 1.91. The molecule has 1 aliphatic rings. The van der Waals surface area contributed by atoms with E-state index in [0.717, 1.165) is 25.2 Å². The Kier molecular flexibility index (Phi) is 14.6. The summed E-state index contributed by atoms with van der Waals surface area (Å²) in [6.07, 6.45) is 4.02. The molecule has 1 aliphatic heterocycles. The number of hydrogen-bond acceptors (Lipinski definition) is 5. The number of amidine groups is 1. The SMILES string of the molecule is CCC(N)=S.CCC1=NCC=N1.NNC=O. The van der Waals surface area contributed by atoms with Crippen molar-refractivity contribution in [2.45, 2.75) is 26.7 Å². The number of carbonyl (C=O) groups excluding carboxylic acids is 1. The number of aliphatic imine (C=N–C) groups is 2. The van der Waals surface area contributed by atoms with E-state index in [0.29, 0.717) is 11.4 Å². The van der Waals surface area contributed by atoms with Crippen molar-refractivity contribution in [2.24, 2.45) is 21.6 Å². The van der Waals surface area contributed by atoms with Crippen LogP contribution in [0.5, 0.6) is 0 Å². The molecular formula is C9H19N5OS. The van der Waals surface area contributed by atoms with Crippen LogP contribution < -0.4 is 17.0 Å². The fourth-order valence-corrected chi connectivity index (χ4v) is 0.536. The maximum Gasteiger partial charge on any atom is 0.221 e. The summed E-state index contributed by atoms with van der Waals surface area (Å²) in [4.78, 5) is 17.6. The van der Waals surface area contributed by atoms with Gasteiger partial charge in [-0.3, -0.25) is 15.2 Å². The molecule has 0 saturated carbocycles. The average molecular weight is 245 g/mol. The topological polar surface area (TPSA) is 106 Å². The van der Waals surface area contributed by atoms with Gasteiger partial charge in [-0.1, -0.05) is 26.1 Å². The van der Waals surface area contributed by atoms with Crippen molar-refractivity contribution in [3.05, 3.63) is 0 Å². The van der Waals surface area contributed by atoms with Crippen LogP contribution in [0.4, 0.5) is 0 Å². The molecule has 1 heterocycles. The molecule has 0 atom stereocenters. The Bertz CT molecular complexity index is 252. The van der Waals surface area contributed by atoms with E-state index in [-0.39, 0.29) is 0 Å². The summed E-state index contributed by atoms with van der Waals surface area (Å²) >= 11 is 4.47. The van der Waals surface area contributed by atoms with E-state index in [1.807, 2.05) is 13.1 Å². The molecule has 16 heavy (non-hydrogen) atoms. The van der Waals surface area contributed by atoms with Gasteiger partial charge in [-0.15, -0.1) is 0 Å². The second-order valence-electron chi connectivity index (χ2n) is 2.53. The molecule has 0 aromatic heterocycles. The second kappa shape index (κ2) is 13.7. The molecule has 0 bridgehead atoms. The number of amides is 1. The zero-order valence-electron chi connectivity index (χ0n) is 9.64. The molecule has 0 aromatic rings. The molecule has 0 radical (unpaired) electrons. The number of thiocarbonyl (C=S) groups is 1. The number of hydrogen-bond donors (Lipinski definition) is 3. The first-order valence-corrected chi connectivity index (χ1v) is 5.27. The van der Waals surface area contributed by atoms with E-state index in [1.165, 1.54) is 0 Å². The lowest BCUT2D eigenvalue weighted by atomic mass is 10.5. The van der Waals surface area contributed by atoms with Crippen molar-refractivity contribution in [3.63, 3.8) is 0 Å². The highest BCUT2D eigenvalue weighted by atomic mass is 32.1. The van der Waals surface area contributed by atoms with Crippen LogP contribution in [0, 0.1) is 0 Å². The minimum Gasteiger partial charge on any atom is -0.393 e. The van der Waals surface area contributed by atoms with Crippen molar-refractivity contribution in [1.29, 1.82) is 0 Å². The Labute approximate surface area is 101 Å². The van der Waals surface area contributed by atoms with Crippen LogP contribution in [-0.4, -0.2) is 30.0 Å². The number of carbonyl (C=O) groups is 1. The van der Waals surface area contributed by atoms with E-state index >= 15 is 0 Å². The molecule has 0 spiro atoms. The molecule has 0 fully saturated rings. The number of rotatable bonds is 3. The van der Waals surface area contributed by atoms with Gasteiger partial charge in [0.2, 0.25) is 6.41 Å². The van der Waals surface area contributed by atoms with Gasteiger partial charge in [0.1, 0.15) is 5.84 Å². The van der Waals surface area contributed by atoms with E-state index in [9.17, 15) is 0 Å². The molecular weight excluding hydrogens is 226 g/mol. The summed E-state index contributed by atoms with van der Waals surface area (Å²) in [6, 6.07) is 0. The smallest absolute Gasteiger partial charge is 0.221 e. The van der Waals surface area contributed by atoms with Crippen molar-refractivity contribution in [2.75, 3.05) is 6.54 Å². The first kappa shape index (κ1) is 17.1. The van der Waals surface area contributed by atoms with E-state index in [4.69, 9.17) is 10.5 Å². The maximum atomic E-state index is 8.94. The molecule has 6 nitrogen and oxygen atoms in total. The van der Waals surface area contributed by atoms with Crippen molar-refractivity contribution >= 4 is 35.7 Å². The zero-order chi connectivity index (χ0) is 12.8. The normalized spacial score (nSPS) is 11.3. The Morgan fingerprint density at radius 1 is 1.69 bits per heavy atom. The summed E-state index contributed by atoms with van der Waals surface area (Å²) in [5, 5.41) is 0. The molecule has 7 heteroatoms. The number of nitrogens with zero attached hydrogens (tertiary/aromatic N) is 2. The minimum absolute atomic E-state index is 0.403. The van der Waals surface area contributed by atoms with Gasteiger partial charge in [-0.25, -0.2) is 10.8 Å². The molecule has 5 N–H and O–H groups in total. The van der Waals surface area contributed by atoms with Crippen LogP contribution in [0.25, 0.3) is 0 Å². The van der Waals surface area contributed by atoms with Gasteiger partial charge < -0.3 is 5.73 Å². The van der Waals surface area contributed by atoms with Gasteiger partial charge in [-0.05, 0) is 6.42 Å². The monoisotopic (exact) mass is 245 g/mol. The van der Waals surface area contributed by atoms with Crippen molar-refractivity contribution in [1.82, 2.24) is 5.43 Å². The number of nitrogens with two attached hydrogens (primary N) is 2. The van der Waals surface area contributed by atoms with Gasteiger partial charge >= 0.3 is 0 Å². The largest absolute Gasteiger partial charge is 0.393 e. The molecule has 92 valence electrons. The van der Waals surface area contributed by atoms with Crippen LogP contribution in [0.2, 0.25) is 0 Å². The maximum absolute atomic E-state index is 8.94. The summed E-state index contributed by atoms with van der Waals surface area (Å²) in [6.45, 7) is 4.78. The summed E-state index contributed by atoms with van der Waals surface area (Å²) < 4.78 is 0. The minimum atomic E-state index is 0.403. The first-order valence-electron chi connectivity index (χ1n) is 4.86.